The van der Waals surface area contributed by atoms with Crippen molar-refractivity contribution in [2.75, 3.05) is 25.1 Å². The molecule has 0 radical (unpaired) electrons. The van der Waals surface area contributed by atoms with Gasteiger partial charge in [0.05, 0.1) is 11.6 Å². The second kappa shape index (κ2) is 9.59. The Morgan fingerprint density at radius 1 is 1.27 bits per heavy atom. The van der Waals surface area contributed by atoms with E-state index >= 15 is 0 Å². The summed E-state index contributed by atoms with van der Waals surface area (Å²) in [6.07, 6.45) is -0.122. The summed E-state index contributed by atoms with van der Waals surface area (Å²) >= 11 is 0. The molecule has 0 spiro atoms. The third-order valence-corrected chi connectivity index (χ3v) is 4.83. The van der Waals surface area contributed by atoms with Gasteiger partial charge in [-0.1, -0.05) is 6.08 Å². The van der Waals surface area contributed by atoms with Crippen LogP contribution in [0.3, 0.4) is 0 Å². The first-order chi connectivity index (χ1) is 14.4. The van der Waals surface area contributed by atoms with Crippen LogP contribution < -0.4 is 10.6 Å². The van der Waals surface area contributed by atoms with Crippen molar-refractivity contribution in [2.24, 2.45) is 5.92 Å². The quantitative estimate of drug-likeness (QED) is 0.721. The lowest BCUT2D eigenvalue weighted by Gasteiger charge is -2.24. The molecule has 1 fully saturated rings. The van der Waals surface area contributed by atoms with E-state index in [9.17, 15) is 13.2 Å². The molecule has 2 aromatic rings. The number of nitrogens with one attached hydrogen (secondary N) is 2. The molecule has 0 atom stereocenters. The molecule has 0 saturated carbocycles. The third-order valence-electron chi connectivity index (χ3n) is 4.83. The summed E-state index contributed by atoms with van der Waals surface area (Å²) in [7, 11) is 0. The lowest BCUT2D eigenvalue weighted by molar-refractivity contribution is -0.141. The van der Waals surface area contributed by atoms with Gasteiger partial charge in [-0.05, 0) is 49.9 Å². The predicted molar refractivity (Wildman–Crippen MR) is 107 cm³/mol. The Morgan fingerprint density at radius 2 is 1.97 bits per heavy atom. The molecule has 2 N–H and O–H groups in total. The van der Waals surface area contributed by atoms with Crippen molar-refractivity contribution in [1.82, 2.24) is 15.3 Å². The van der Waals surface area contributed by atoms with E-state index < -0.39 is 11.9 Å². The second-order valence-corrected chi connectivity index (χ2v) is 6.91. The Labute approximate surface area is 172 Å². The third kappa shape index (κ3) is 5.48. The normalized spacial score (nSPS) is 15.5. The largest absolute Gasteiger partial charge is 0.434 e. The summed E-state index contributed by atoms with van der Waals surface area (Å²) in [5, 5.41) is 14.7. The number of allylic oxidation sites excluding steroid dienone is 1. The maximum atomic E-state index is 13.7. The van der Waals surface area contributed by atoms with Crippen molar-refractivity contribution in [3.63, 3.8) is 0 Å². The molecule has 1 aromatic heterocycles. The highest BCUT2D eigenvalue weighted by Crippen LogP contribution is 2.33. The van der Waals surface area contributed by atoms with Crippen molar-refractivity contribution < 1.29 is 17.9 Å². The van der Waals surface area contributed by atoms with Gasteiger partial charge in [-0.15, -0.1) is 0 Å². The standard InChI is InChI=1S/C21H22F3N5O/c1-2-18(26-12-15-7-9-30-10-8-15)17-13-27-20(29-19(17)21(22,23)24)28-16-5-3-14(11-25)4-6-16/h2-6,13,15,26H,7-10,12H2,1H3,(H,27,28,29)/b18-2+. The van der Waals surface area contributed by atoms with Gasteiger partial charge in [0.1, 0.15) is 0 Å². The van der Waals surface area contributed by atoms with Gasteiger partial charge in [0.15, 0.2) is 5.69 Å². The number of nitriles is 1. The first-order valence-corrected chi connectivity index (χ1v) is 9.60. The number of anilines is 2. The maximum Gasteiger partial charge on any atom is 0.434 e. The zero-order chi connectivity index (χ0) is 21.6. The zero-order valence-corrected chi connectivity index (χ0v) is 16.5. The van der Waals surface area contributed by atoms with E-state index in [4.69, 9.17) is 10.00 Å². The predicted octanol–water partition coefficient (Wildman–Crippen LogP) is 4.49. The van der Waals surface area contributed by atoms with Crippen LogP contribution in [0, 0.1) is 17.2 Å². The molecule has 0 bridgehead atoms. The van der Waals surface area contributed by atoms with E-state index in [0.717, 1.165) is 12.8 Å². The molecular formula is C21H22F3N5O. The number of benzene rings is 1. The topological polar surface area (TPSA) is 82.9 Å². The van der Waals surface area contributed by atoms with Crippen LogP contribution in [0.2, 0.25) is 0 Å². The molecule has 1 saturated heterocycles. The van der Waals surface area contributed by atoms with Gasteiger partial charge >= 0.3 is 6.18 Å². The average Bonchev–Trinajstić information content (AvgIpc) is 2.75. The Balaban J connectivity index is 1.81. The van der Waals surface area contributed by atoms with Crippen molar-refractivity contribution >= 4 is 17.3 Å². The molecule has 6 nitrogen and oxygen atoms in total. The fraction of sp³-hybridized carbons (Fsp3) is 0.381. The highest BCUT2D eigenvalue weighted by atomic mass is 19.4. The zero-order valence-electron chi connectivity index (χ0n) is 16.5. The fourth-order valence-corrected chi connectivity index (χ4v) is 3.17. The van der Waals surface area contributed by atoms with Crippen LogP contribution in [0.15, 0.2) is 36.5 Å². The minimum absolute atomic E-state index is 0.0950. The monoisotopic (exact) mass is 417 g/mol. The highest BCUT2D eigenvalue weighted by Gasteiger charge is 2.37. The molecule has 0 unspecified atom stereocenters. The fourth-order valence-electron chi connectivity index (χ4n) is 3.17. The summed E-state index contributed by atoms with van der Waals surface area (Å²) in [6.45, 7) is 3.58. The first kappa shape index (κ1) is 21.6. The Hall–Kier alpha value is -3.12. The number of nitrogens with zero attached hydrogens (tertiary/aromatic N) is 3. The van der Waals surface area contributed by atoms with Crippen LogP contribution in [0.5, 0.6) is 0 Å². The van der Waals surface area contributed by atoms with Gasteiger partial charge in [0.2, 0.25) is 5.95 Å². The molecule has 1 aromatic carbocycles. The summed E-state index contributed by atoms with van der Waals surface area (Å²) < 4.78 is 46.5. The minimum atomic E-state index is -4.64. The van der Waals surface area contributed by atoms with Crippen molar-refractivity contribution in [2.45, 2.75) is 25.9 Å². The lowest BCUT2D eigenvalue weighted by Crippen LogP contribution is -2.28. The van der Waals surface area contributed by atoms with Gasteiger partial charge in [-0.25, -0.2) is 9.97 Å². The summed E-state index contributed by atoms with van der Waals surface area (Å²) in [5.41, 5.74) is 0.169. The Bertz CT molecular complexity index is 929. The number of halogens is 3. The van der Waals surface area contributed by atoms with E-state index in [0.29, 0.717) is 42.6 Å². The highest BCUT2D eigenvalue weighted by molar-refractivity contribution is 5.66. The summed E-state index contributed by atoms with van der Waals surface area (Å²) in [6, 6.07) is 8.25. The van der Waals surface area contributed by atoms with Crippen LogP contribution in [-0.4, -0.2) is 29.7 Å². The number of hydrogen-bond donors (Lipinski definition) is 2. The molecule has 0 amide bonds. The second-order valence-electron chi connectivity index (χ2n) is 6.91. The molecular weight excluding hydrogens is 395 g/mol. The van der Waals surface area contributed by atoms with Gasteiger partial charge < -0.3 is 15.4 Å². The molecule has 30 heavy (non-hydrogen) atoms. The average molecular weight is 417 g/mol. The van der Waals surface area contributed by atoms with Crippen LogP contribution in [0.4, 0.5) is 24.8 Å². The van der Waals surface area contributed by atoms with Gasteiger partial charge in [0.25, 0.3) is 0 Å². The smallest absolute Gasteiger partial charge is 0.384 e. The number of ether oxygens (including phenoxy) is 1. The number of rotatable bonds is 6. The summed E-state index contributed by atoms with van der Waals surface area (Å²) in [4.78, 5) is 7.80. The summed E-state index contributed by atoms with van der Waals surface area (Å²) in [5.74, 6) is 0.178. The van der Waals surface area contributed by atoms with E-state index in [1.807, 2.05) is 6.07 Å². The molecule has 2 heterocycles. The number of hydrogen-bond acceptors (Lipinski definition) is 6. The van der Waals surface area contributed by atoms with Gasteiger partial charge in [-0.2, -0.15) is 18.4 Å². The SMILES string of the molecule is C/C=C(/NCC1CCOCC1)c1cnc(Nc2ccc(C#N)cc2)nc1C(F)(F)F. The molecule has 158 valence electrons. The van der Waals surface area contributed by atoms with Crippen LogP contribution in [0.1, 0.15) is 36.6 Å². The van der Waals surface area contributed by atoms with Crippen molar-refractivity contribution in [3.8, 4) is 6.07 Å². The van der Waals surface area contributed by atoms with E-state index in [2.05, 4.69) is 20.6 Å². The van der Waals surface area contributed by atoms with E-state index in [1.54, 1.807) is 37.3 Å². The van der Waals surface area contributed by atoms with Crippen molar-refractivity contribution in [1.29, 1.82) is 5.26 Å². The molecule has 9 heteroatoms. The van der Waals surface area contributed by atoms with Gasteiger partial charge in [-0.3, -0.25) is 0 Å². The molecule has 0 aliphatic carbocycles. The Morgan fingerprint density at radius 3 is 2.57 bits per heavy atom. The minimum Gasteiger partial charge on any atom is -0.384 e. The molecule has 1 aliphatic heterocycles. The van der Waals surface area contributed by atoms with Crippen LogP contribution in [0.25, 0.3) is 5.70 Å². The lowest BCUT2D eigenvalue weighted by atomic mass is 10.00. The molecule has 3 rings (SSSR count). The van der Waals surface area contributed by atoms with Crippen molar-refractivity contribution in [3.05, 3.63) is 53.4 Å². The number of aromatic nitrogens is 2. The number of alkyl halides is 3. The van der Waals surface area contributed by atoms with E-state index in [-0.39, 0.29) is 11.5 Å². The Kier molecular flexibility index (Phi) is 6.90. The van der Waals surface area contributed by atoms with Crippen LogP contribution in [-0.2, 0) is 10.9 Å². The maximum absolute atomic E-state index is 13.7. The van der Waals surface area contributed by atoms with Crippen LogP contribution >= 0.6 is 0 Å². The van der Waals surface area contributed by atoms with E-state index in [1.165, 1.54) is 6.20 Å². The molecule has 1 aliphatic rings. The first-order valence-electron chi connectivity index (χ1n) is 9.60. The van der Waals surface area contributed by atoms with Gasteiger partial charge in [0, 0.05) is 42.9 Å².